The van der Waals surface area contributed by atoms with Crippen LogP contribution in [-0.4, -0.2) is 20.9 Å². The Morgan fingerprint density at radius 3 is 2.59 bits per heavy atom. The summed E-state index contributed by atoms with van der Waals surface area (Å²) in [6.45, 7) is 1.01. The van der Waals surface area contributed by atoms with E-state index in [1.165, 1.54) is 15.6 Å². The van der Waals surface area contributed by atoms with E-state index in [4.69, 9.17) is 5.73 Å². The highest BCUT2D eigenvalue weighted by atomic mass is 16.2. The predicted molar refractivity (Wildman–Crippen MR) is 65.7 cm³/mol. The molecule has 5 nitrogen and oxygen atoms in total. The average molecular weight is 232 g/mol. The predicted octanol–water partition coefficient (Wildman–Crippen LogP) is 0.324. The molecule has 1 aromatic heterocycles. The van der Waals surface area contributed by atoms with Gasteiger partial charge in [0.15, 0.2) is 0 Å². The number of hydrogen-bond acceptors (Lipinski definition) is 3. The molecule has 1 aromatic carbocycles. The molecule has 0 aliphatic rings. The van der Waals surface area contributed by atoms with Gasteiger partial charge in [0, 0.05) is 19.5 Å². The van der Waals surface area contributed by atoms with Gasteiger partial charge in [-0.3, -0.25) is 4.57 Å². The Labute approximate surface area is 99.5 Å². The summed E-state index contributed by atoms with van der Waals surface area (Å²) in [7, 11) is 1.69. The number of aryl methyl sites for hydroxylation is 1. The van der Waals surface area contributed by atoms with Crippen molar-refractivity contribution in [1.29, 1.82) is 0 Å². The fraction of sp³-hybridized carbons (Fsp3) is 0.333. The van der Waals surface area contributed by atoms with Gasteiger partial charge in [0.1, 0.15) is 6.33 Å². The van der Waals surface area contributed by atoms with Crippen molar-refractivity contribution in [3.8, 4) is 0 Å². The molecule has 0 aliphatic carbocycles. The first-order valence-corrected chi connectivity index (χ1v) is 5.56. The summed E-state index contributed by atoms with van der Waals surface area (Å²) in [6.07, 6.45) is 1.51. The van der Waals surface area contributed by atoms with Crippen LogP contribution >= 0.6 is 0 Å². The highest BCUT2D eigenvalue weighted by Gasteiger charge is 2.12. The van der Waals surface area contributed by atoms with E-state index in [9.17, 15) is 4.79 Å². The summed E-state index contributed by atoms with van der Waals surface area (Å²) in [5, 5.41) is 4.04. The smallest absolute Gasteiger partial charge is 0.330 e. The van der Waals surface area contributed by atoms with Crippen LogP contribution < -0.4 is 11.4 Å². The molecule has 1 heterocycles. The van der Waals surface area contributed by atoms with Crippen LogP contribution in [0.4, 0.5) is 0 Å². The number of aromatic nitrogens is 3. The lowest BCUT2D eigenvalue weighted by molar-refractivity contribution is 0.503. The lowest BCUT2D eigenvalue weighted by Gasteiger charge is -2.14. The minimum absolute atomic E-state index is 0.112. The average Bonchev–Trinajstić information content (AvgIpc) is 2.68. The number of nitrogens with two attached hydrogens (primary N) is 1. The van der Waals surface area contributed by atoms with E-state index in [0.717, 1.165) is 5.56 Å². The maximum absolute atomic E-state index is 11.7. The van der Waals surface area contributed by atoms with Crippen molar-refractivity contribution < 1.29 is 0 Å². The first-order chi connectivity index (χ1) is 8.22. The van der Waals surface area contributed by atoms with Gasteiger partial charge in [-0.05, 0) is 5.56 Å². The second-order valence-corrected chi connectivity index (χ2v) is 4.05. The molecule has 0 amide bonds. The van der Waals surface area contributed by atoms with E-state index in [1.54, 1.807) is 7.05 Å². The molecule has 0 spiro atoms. The van der Waals surface area contributed by atoms with Gasteiger partial charge in [0.2, 0.25) is 0 Å². The van der Waals surface area contributed by atoms with Crippen LogP contribution in [0.5, 0.6) is 0 Å². The lowest BCUT2D eigenvalue weighted by Crippen LogP contribution is -2.28. The highest BCUT2D eigenvalue weighted by molar-refractivity contribution is 5.19. The van der Waals surface area contributed by atoms with Gasteiger partial charge >= 0.3 is 5.69 Å². The van der Waals surface area contributed by atoms with Crippen molar-refractivity contribution in [3.63, 3.8) is 0 Å². The molecule has 2 aromatic rings. The van der Waals surface area contributed by atoms with Crippen molar-refractivity contribution >= 4 is 0 Å². The molecule has 1 unspecified atom stereocenters. The highest BCUT2D eigenvalue weighted by Crippen LogP contribution is 2.15. The zero-order valence-electron chi connectivity index (χ0n) is 9.78. The van der Waals surface area contributed by atoms with E-state index in [-0.39, 0.29) is 11.6 Å². The third kappa shape index (κ3) is 2.45. The molecule has 0 aliphatic heterocycles. The van der Waals surface area contributed by atoms with Crippen LogP contribution in [0, 0.1) is 0 Å². The summed E-state index contributed by atoms with van der Waals surface area (Å²) >= 11 is 0. The SMILES string of the molecule is Cn1cnn(CC(CN)c2ccccc2)c1=O. The van der Waals surface area contributed by atoms with Crippen molar-refractivity contribution in [3.05, 3.63) is 52.7 Å². The van der Waals surface area contributed by atoms with Gasteiger partial charge in [-0.15, -0.1) is 0 Å². The van der Waals surface area contributed by atoms with Crippen molar-refractivity contribution in [2.75, 3.05) is 6.54 Å². The molecular formula is C12H16N4O. The zero-order valence-corrected chi connectivity index (χ0v) is 9.78. The standard InChI is InChI=1S/C12H16N4O/c1-15-9-14-16(12(15)17)8-11(7-13)10-5-3-2-4-6-10/h2-6,9,11H,7-8,13H2,1H3. The number of hydrogen-bond donors (Lipinski definition) is 1. The topological polar surface area (TPSA) is 65.8 Å². The zero-order chi connectivity index (χ0) is 12.3. The summed E-state index contributed by atoms with van der Waals surface area (Å²) in [4.78, 5) is 11.7. The second kappa shape index (κ2) is 4.97. The molecule has 0 bridgehead atoms. The third-order valence-corrected chi connectivity index (χ3v) is 2.84. The molecule has 0 radical (unpaired) electrons. The Morgan fingerprint density at radius 1 is 1.35 bits per heavy atom. The number of benzene rings is 1. The minimum atomic E-state index is -0.112. The lowest BCUT2D eigenvalue weighted by atomic mass is 9.99. The molecule has 0 saturated heterocycles. The molecule has 90 valence electrons. The Kier molecular flexibility index (Phi) is 3.39. The van der Waals surface area contributed by atoms with E-state index < -0.39 is 0 Å². The summed E-state index contributed by atoms with van der Waals surface area (Å²) in [5.74, 6) is 0.115. The van der Waals surface area contributed by atoms with E-state index in [2.05, 4.69) is 5.10 Å². The molecule has 2 rings (SSSR count). The Bertz CT molecular complexity index is 529. The van der Waals surface area contributed by atoms with Crippen molar-refractivity contribution in [1.82, 2.24) is 14.3 Å². The van der Waals surface area contributed by atoms with Crippen LogP contribution in [0.15, 0.2) is 41.5 Å². The molecule has 1 atom stereocenters. The van der Waals surface area contributed by atoms with Gasteiger partial charge in [-0.25, -0.2) is 9.48 Å². The quantitative estimate of drug-likeness (QED) is 0.825. The first kappa shape index (κ1) is 11.6. The number of rotatable bonds is 4. The van der Waals surface area contributed by atoms with Gasteiger partial charge < -0.3 is 5.73 Å². The van der Waals surface area contributed by atoms with Gasteiger partial charge in [-0.1, -0.05) is 30.3 Å². The fourth-order valence-corrected chi connectivity index (χ4v) is 1.80. The Balaban J connectivity index is 2.22. The van der Waals surface area contributed by atoms with Gasteiger partial charge in [0.05, 0.1) is 6.54 Å². The third-order valence-electron chi connectivity index (χ3n) is 2.84. The first-order valence-electron chi connectivity index (χ1n) is 5.56. The molecule has 0 fully saturated rings. The molecule has 0 saturated carbocycles. The van der Waals surface area contributed by atoms with Crippen LogP contribution in [0.1, 0.15) is 11.5 Å². The summed E-state index contributed by atoms with van der Waals surface area (Å²) in [6, 6.07) is 9.94. The van der Waals surface area contributed by atoms with Gasteiger partial charge in [0.25, 0.3) is 0 Å². The van der Waals surface area contributed by atoms with E-state index in [0.29, 0.717) is 13.1 Å². The molecule has 2 N–H and O–H groups in total. The van der Waals surface area contributed by atoms with Crippen LogP contribution in [0.2, 0.25) is 0 Å². The summed E-state index contributed by atoms with van der Waals surface area (Å²) < 4.78 is 2.91. The number of nitrogens with zero attached hydrogens (tertiary/aromatic N) is 3. The van der Waals surface area contributed by atoms with Crippen LogP contribution in [0.3, 0.4) is 0 Å². The minimum Gasteiger partial charge on any atom is -0.330 e. The Morgan fingerprint density at radius 2 is 2.06 bits per heavy atom. The largest absolute Gasteiger partial charge is 0.345 e. The normalized spacial score (nSPS) is 12.6. The van der Waals surface area contributed by atoms with Crippen LogP contribution in [-0.2, 0) is 13.6 Å². The molecule has 17 heavy (non-hydrogen) atoms. The molecule has 5 heteroatoms. The van der Waals surface area contributed by atoms with Crippen LogP contribution in [0.25, 0.3) is 0 Å². The van der Waals surface area contributed by atoms with E-state index >= 15 is 0 Å². The maximum Gasteiger partial charge on any atom is 0.345 e. The monoisotopic (exact) mass is 232 g/mol. The van der Waals surface area contributed by atoms with Gasteiger partial charge in [-0.2, -0.15) is 5.10 Å². The second-order valence-electron chi connectivity index (χ2n) is 4.05. The Hall–Kier alpha value is -1.88. The van der Waals surface area contributed by atoms with Crippen molar-refractivity contribution in [2.24, 2.45) is 12.8 Å². The van der Waals surface area contributed by atoms with E-state index in [1.807, 2.05) is 30.3 Å². The fourth-order valence-electron chi connectivity index (χ4n) is 1.80. The molecular weight excluding hydrogens is 216 g/mol. The summed E-state index contributed by atoms with van der Waals surface area (Å²) in [5.41, 5.74) is 6.78. The van der Waals surface area contributed by atoms with Crippen molar-refractivity contribution in [2.45, 2.75) is 12.5 Å². The maximum atomic E-state index is 11.7.